The van der Waals surface area contributed by atoms with Crippen LogP contribution in [0, 0.1) is 6.92 Å². The van der Waals surface area contributed by atoms with E-state index in [4.69, 9.17) is 0 Å². The number of fused-ring (bicyclic) bond motifs is 1. The Kier molecular flexibility index (Phi) is 2.88. The first-order chi connectivity index (χ1) is 9.28. The van der Waals surface area contributed by atoms with Gasteiger partial charge >= 0.3 is 0 Å². The number of benzene rings is 2. The minimum Gasteiger partial charge on any atom is -0.357 e. The number of rotatable bonds is 2. The molecule has 0 unspecified atom stereocenters. The predicted molar refractivity (Wildman–Crippen MR) is 79.3 cm³/mol. The normalized spacial score (nSPS) is 10.6. The lowest BCUT2D eigenvalue weighted by atomic mass is 10.0. The molecule has 0 aliphatic heterocycles. The van der Waals surface area contributed by atoms with Gasteiger partial charge in [0.1, 0.15) is 0 Å². The molecule has 2 aromatic carbocycles. The van der Waals surface area contributed by atoms with Crippen LogP contribution in [0.4, 0.5) is 5.95 Å². The molecule has 1 N–H and O–H groups in total. The van der Waals surface area contributed by atoms with E-state index < -0.39 is 0 Å². The van der Waals surface area contributed by atoms with E-state index in [1.165, 1.54) is 10.8 Å². The summed E-state index contributed by atoms with van der Waals surface area (Å²) in [6.45, 7) is 2.03. The third-order valence-corrected chi connectivity index (χ3v) is 3.22. The first-order valence-corrected chi connectivity index (χ1v) is 6.28. The van der Waals surface area contributed by atoms with Gasteiger partial charge in [-0.3, -0.25) is 0 Å². The molecule has 0 aliphatic carbocycles. The fraction of sp³-hybridized carbons (Fsp3) is 0.125. The van der Waals surface area contributed by atoms with Crippen molar-refractivity contribution < 1.29 is 0 Å². The summed E-state index contributed by atoms with van der Waals surface area (Å²) in [5, 5.41) is 5.45. The zero-order valence-electron chi connectivity index (χ0n) is 11.0. The molecule has 1 aromatic heterocycles. The van der Waals surface area contributed by atoms with Gasteiger partial charge in [0.2, 0.25) is 5.95 Å². The molecule has 3 aromatic rings. The molecule has 0 amide bonds. The maximum atomic E-state index is 4.55. The van der Waals surface area contributed by atoms with E-state index in [1.807, 2.05) is 20.2 Å². The number of anilines is 1. The van der Waals surface area contributed by atoms with Crippen molar-refractivity contribution in [2.24, 2.45) is 0 Å². The third-order valence-electron chi connectivity index (χ3n) is 3.22. The minimum absolute atomic E-state index is 0.647. The fourth-order valence-electron chi connectivity index (χ4n) is 2.19. The molecular formula is C16H15N3. The molecule has 0 bridgehead atoms. The van der Waals surface area contributed by atoms with Crippen LogP contribution in [0.2, 0.25) is 0 Å². The van der Waals surface area contributed by atoms with E-state index in [9.17, 15) is 0 Å². The Hall–Kier alpha value is -2.42. The Morgan fingerprint density at radius 1 is 1.00 bits per heavy atom. The second kappa shape index (κ2) is 4.69. The van der Waals surface area contributed by atoms with Gasteiger partial charge in [-0.2, -0.15) is 0 Å². The lowest BCUT2D eigenvalue weighted by molar-refractivity contribution is 1.12. The molecule has 0 fully saturated rings. The van der Waals surface area contributed by atoms with E-state index in [-0.39, 0.29) is 0 Å². The van der Waals surface area contributed by atoms with Crippen molar-refractivity contribution in [1.29, 1.82) is 0 Å². The van der Waals surface area contributed by atoms with Crippen LogP contribution in [0.15, 0.2) is 48.7 Å². The molecule has 0 aliphatic rings. The Morgan fingerprint density at radius 3 is 2.58 bits per heavy atom. The monoisotopic (exact) mass is 249 g/mol. The first kappa shape index (κ1) is 11.7. The summed E-state index contributed by atoms with van der Waals surface area (Å²) in [6.07, 6.45) is 1.85. The molecule has 3 nitrogen and oxygen atoms in total. The molecule has 3 heteroatoms. The third kappa shape index (κ3) is 2.15. The van der Waals surface area contributed by atoms with Crippen molar-refractivity contribution in [3.05, 3.63) is 54.2 Å². The zero-order chi connectivity index (χ0) is 13.2. The molecule has 0 saturated heterocycles. The maximum absolute atomic E-state index is 4.55. The lowest BCUT2D eigenvalue weighted by Crippen LogP contribution is -1.99. The van der Waals surface area contributed by atoms with Crippen LogP contribution in [-0.2, 0) is 0 Å². The topological polar surface area (TPSA) is 37.8 Å². The van der Waals surface area contributed by atoms with Crippen molar-refractivity contribution in [2.45, 2.75) is 6.92 Å². The summed E-state index contributed by atoms with van der Waals surface area (Å²) in [6, 6.07) is 14.8. The average Bonchev–Trinajstić information content (AvgIpc) is 2.47. The summed E-state index contributed by atoms with van der Waals surface area (Å²) in [7, 11) is 1.83. The van der Waals surface area contributed by atoms with Crippen LogP contribution in [0.25, 0.3) is 22.0 Å². The Bertz CT molecular complexity index is 735. The largest absolute Gasteiger partial charge is 0.357 e. The van der Waals surface area contributed by atoms with Crippen molar-refractivity contribution in [2.75, 3.05) is 12.4 Å². The number of hydrogen-bond donors (Lipinski definition) is 1. The summed E-state index contributed by atoms with van der Waals surface area (Å²) in [5.41, 5.74) is 3.18. The number of nitrogens with one attached hydrogen (secondary N) is 1. The van der Waals surface area contributed by atoms with Crippen molar-refractivity contribution in [1.82, 2.24) is 9.97 Å². The van der Waals surface area contributed by atoms with Crippen molar-refractivity contribution in [3.8, 4) is 11.3 Å². The maximum Gasteiger partial charge on any atom is 0.222 e. The van der Waals surface area contributed by atoms with Crippen molar-refractivity contribution in [3.63, 3.8) is 0 Å². The quantitative estimate of drug-likeness (QED) is 0.753. The summed E-state index contributed by atoms with van der Waals surface area (Å²) < 4.78 is 0. The number of aromatic nitrogens is 2. The van der Waals surface area contributed by atoms with Crippen molar-refractivity contribution >= 4 is 16.7 Å². The summed E-state index contributed by atoms with van der Waals surface area (Å²) in [4.78, 5) is 8.77. The van der Waals surface area contributed by atoms with Crippen LogP contribution in [0.1, 0.15) is 5.56 Å². The van der Waals surface area contributed by atoms with Gasteiger partial charge in [-0.25, -0.2) is 9.97 Å². The second-order valence-corrected chi connectivity index (χ2v) is 4.54. The molecule has 3 rings (SSSR count). The van der Waals surface area contributed by atoms with E-state index in [1.54, 1.807) is 0 Å². The highest BCUT2D eigenvalue weighted by atomic mass is 15.1. The standard InChI is InChI=1S/C16H15N3/c1-11-10-18-16(17-2)19-15(11)14-8-7-12-5-3-4-6-13(12)9-14/h3-10H,1-2H3,(H,17,18,19). The lowest BCUT2D eigenvalue weighted by Gasteiger charge is -2.08. The smallest absolute Gasteiger partial charge is 0.222 e. The highest BCUT2D eigenvalue weighted by molar-refractivity contribution is 5.87. The van der Waals surface area contributed by atoms with Crippen LogP contribution in [-0.4, -0.2) is 17.0 Å². The second-order valence-electron chi connectivity index (χ2n) is 4.54. The Morgan fingerprint density at radius 2 is 1.79 bits per heavy atom. The van der Waals surface area contributed by atoms with Gasteiger partial charge in [0.15, 0.2) is 0 Å². The van der Waals surface area contributed by atoms with Crippen LogP contribution in [0.5, 0.6) is 0 Å². The van der Waals surface area contributed by atoms with Gasteiger partial charge in [0, 0.05) is 18.8 Å². The van der Waals surface area contributed by atoms with E-state index in [0.717, 1.165) is 16.8 Å². The van der Waals surface area contributed by atoms with E-state index in [2.05, 4.69) is 57.7 Å². The molecule has 94 valence electrons. The molecule has 0 radical (unpaired) electrons. The Labute approximate surface area is 112 Å². The molecule has 0 saturated carbocycles. The van der Waals surface area contributed by atoms with Crippen LogP contribution in [0.3, 0.4) is 0 Å². The number of aryl methyl sites for hydroxylation is 1. The van der Waals surface area contributed by atoms with E-state index in [0.29, 0.717) is 5.95 Å². The van der Waals surface area contributed by atoms with Gasteiger partial charge < -0.3 is 5.32 Å². The van der Waals surface area contributed by atoms with Gasteiger partial charge in [-0.05, 0) is 29.3 Å². The predicted octanol–water partition coefficient (Wildman–Crippen LogP) is 3.65. The molecular weight excluding hydrogens is 234 g/mol. The Balaban J connectivity index is 2.18. The SMILES string of the molecule is CNc1ncc(C)c(-c2ccc3ccccc3c2)n1. The molecule has 0 spiro atoms. The summed E-state index contributed by atoms with van der Waals surface area (Å²) >= 11 is 0. The van der Waals surface area contributed by atoms with Gasteiger partial charge in [0.25, 0.3) is 0 Å². The molecule has 0 atom stereocenters. The van der Waals surface area contributed by atoms with Gasteiger partial charge in [-0.1, -0.05) is 36.4 Å². The van der Waals surface area contributed by atoms with E-state index >= 15 is 0 Å². The minimum atomic E-state index is 0.647. The number of nitrogens with zero attached hydrogens (tertiary/aromatic N) is 2. The highest BCUT2D eigenvalue weighted by Crippen LogP contribution is 2.25. The highest BCUT2D eigenvalue weighted by Gasteiger charge is 2.06. The summed E-state index contributed by atoms with van der Waals surface area (Å²) in [5.74, 6) is 0.647. The number of hydrogen-bond acceptors (Lipinski definition) is 3. The first-order valence-electron chi connectivity index (χ1n) is 6.28. The fourth-order valence-corrected chi connectivity index (χ4v) is 2.19. The average molecular weight is 249 g/mol. The van der Waals surface area contributed by atoms with Crippen LogP contribution < -0.4 is 5.32 Å². The van der Waals surface area contributed by atoms with Gasteiger partial charge in [0.05, 0.1) is 5.69 Å². The molecule has 1 heterocycles. The van der Waals surface area contributed by atoms with Gasteiger partial charge in [-0.15, -0.1) is 0 Å². The zero-order valence-corrected chi connectivity index (χ0v) is 11.0. The van der Waals surface area contributed by atoms with Crippen LogP contribution >= 0.6 is 0 Å². The molecule has 19 heavy (non-hydrogen) atoms.